The maximum atomic E-state index is 5.52. The number of nitrogens with zero attached hydrogens (tertiary/aromatic N) is 3. The van der Waals surface area contributed by atoms with Crippen molar-refractivity contribution in [2.24, 2.45) is 0 Å². The number of rotatable bonds is 4. The van der Waals surface area contributed by atoms with Gasteiger partial charge in [0.1, 0.15) is 5.82 Å². The topological polar surface area (TPSA) is 56.7 Å². The Balaban J connectivity index is 1.82. The molecule has 0 amide bonds. The van der Waals surface area contributed by atoms with E-state index in [1.165, 1.54) is 0 Å². The molecule has 0 fully saturated rings. The highest BCUT2D eigenvalue weighted by Crippen LogP contribution is 2.38. The van der Waals surface area contributed by atoms with Crippen LogP contribution in [0.1, 0.15) is 6.92 Å². The van der Waals surface area contributed by atoms with Gasteiger partial charge in [0.25, 0.3) is 0 Å². The van der Waals surface area contributed by atoms with Crippen LogP contribution >= 0.6 is 0 Å². The molecular formula is C18H17N3O3. The Kier molecular flexibility index (Phi) is 3.57. The fraction of sp³-hybridized carbons (Fsp3) is 0.222. The van der Waals surface area contributed by atoms with Crippen molar-refractivity contribution in [3.8, 4) is 17.5 Å². The van der Waals surface area contributed by atoms with Crippen LogP contribution in [0.4, 0.5) is 11.5 Å². The lowest BCUT2D eigenvalue weighted by Crippen LogP contribution is -2.13. The minimum absolute atomic E-state index is 0.257. The molecule has 0 spiro atoms. The predicted octanol–water partition coefficient (Wildman–Crippen LogP) is 3.53. The predicted molar refractivity (Wildman–Crippen MR) is 91.3 cm³/mol. The Bertz CT molecular complexity index is 898. The van der Waals surface area contributed by atoms with Crippen LogP contribution in [0.2, 0.25) is 0 Å². The van der Waals surface area contributed by atoms with Crippen LogP contribution in [0, 0.1) is 0 Å². The number of hydrogen-bond acceptors (Lipinski definition) is 6. The van der Waals surface area contributed by atoms with E-state index in [-0.39, 0.29) is 6.79 Å². The molecule has 1 aromatic heterocycles. The number of benzene rings is 2. The summed E-state index contributed by atoms with van der Waals surface area (Å²) in [6.45, 7) is 2.69. The second-order valence-corrected chi connectivity index (χ2v) is 5.38. The molecule has 0 saturated carbocycles. The van der Waals surface area contributed by atoms with E-state index in [0.717, 1.165) is 33.9 Å². The van der Waals surface area contributed by atoms with Gasteiger partial charge in [0.15, 0.2) is 11.5 Å². The van der Waals surface area contributed by atoms with Crippen LogP contribution in [0.25, 0.3) is 10.9 Å². The summed E-state index contributed by atoms with van der Waals surface area (Å²) >= 11 is 0. The Hall–Kier alpha value is -3.02. The Morgan fingerprint density at radius 3 is 2.79 bits per heavy atom. The quantitative estimate of drug-likeness (QED) is 0.732. The van der Waals surface area contributed by atoms with E-state index >= 15 is 0 Å². The number of ether oxygens (including phenoxy) is 3. The summed E-state index contributed by atoms with van der Waals surface area (Å²) in [5, 5.41) is 0.959. The second-order valence-electron chi connectivity index (χ2n) is 5.38. The molecule has 1 aliphatic rings. The van der Waals surface area contributed by atoms with Crippen molar-refractivity contribution < 1.29 is 14.2 Å². The number of hydrogen-bond donors (Lipinski definition) is 0. The first-order valence-corrected chi connectivity index (χ1v) is 7.79. The second kappa shape index (κ2) is 5.88. The van der Waals surface area contributed by atoms with Crippen LogP contribution in [-0.4, -0.2) is 30.4 Å². The normalized spacial score (nSPS) is 12.4. The third-order valence-electron chi connectivity index (χ3n) is 3.90. The molecule has 0 aliphatic carbocycles. The summed E-state index contributed by atoms with van der Waals surface area (Å²) < 4.78 is 16.4. The molecule has 0 radical (unpaired) electrons. The number of anilines is 2. The summed E-state index contributed by atoms with van der Waals surface area (Å²) in [5.41, 5.74) is 1.80. The van der Waals surface area contributed by atoms with E-state index in [9.17, 15) is 0 Å². The number of aromatic nitrogens is 2. The molecule has 0 atom stereocenters. The van der Waals surface area contributed by atoms with Crippen molar-refractivity contribution in [1.82, 2.24) is 9.97 Å². The van der Waals surface area contributed by atoms with E-state index in [1.807, 2.05) is 61.3 Å². The smallest absolute Gasteiger partial charge is 0.318 e. The molecule has 2 aromatic carbocycles. The molecular weight excluding hydrogens is 306 g/mol. The van der Waals surface area contributed by atoms with Gasteiger partial charge >= 0.3 is 6.01 Å². The molecule has 122 valence electrons. The van der Waals surface area contributed by atoms with Crippen molar-refractivity contribution in [2.75, 3.05) is 25.3 Å². The maximum Gasteiger partial charge on any atom is 0.318 e. The lowest BCUT2D eigenvalue weighted by atomic mass is 10.2. The highest BCUT2D eigenvalue weighted by Gasteiger charge is 2.18. The SMILES string of the molecule is CCOc1nc(N(C)c2ccc3c(c2)OCO3)c2ccccc2n1. The van der Waals surface area contributed by atoms with E-state index in [1.54, 1.807) is 0 Å². The summed E-state index contributed by atoms with van der Waals surface area (Å²) in [6.07, 6.45) is 0. The van der Waals surface area contributed by atoms with Gasteiger partial charge in [0.2, 0.25) is 6.79 Å². The Morgan fingerprint density at radius 2 is 1.92 bits per heavy atom. The van der Waals surface area contributed by atoms with Crippen molar-refractivity contribution in [3.05, 3.63) is 42.5 Å². The molecule has 6 heteroatoms. The first kappa shape index (κ1) is 14.6. The minimum Gasteiger partial charge on any atom is -0.464 e. The Labute approximate surface area is 139 Å². The van der Waals surface area contributed by atoms with Crippen LogP contribution < -0.4 is 19.1 Å². The standard InChI is InChI=1S/C18H17N3O3/c1-3-22-18-19-14-7-5-4-6-13(14)17(20-18)21(2)12-8-9-15-16(10-12)24-11-23-15/h4-10H,3,11H2,1-2H3. The van der Waals surface area contributed by atoms with Gasteiger partial charge in [0.05, 0.1) is 12.1 Å². The van der Waals surface area contributed by atoms with Crippen molar-refractivity contribution in [3.63, 3.8) is 0 Å². The molecule has 24 heavy (non-hydrogen) atoms. The lowest BCUT2D eigenvalue weighted by Gasteiger charge is -2.20. The van der Waals surface area contributed by atoms with Gasteiger partial charge in [-0.3, -0.25) is 0 Å². The van der Waals surface area contributed by atoms with Gasteiger partial charge in [-0.05, 0) is 31.2 Å². The molecule has 0 N–H and O–H groups in total. The van der Waals surface area contributed by atoms with Gasteiger partial charge in [-0.25, -0.2) is 0 Å². The zero-order valence-electron chi connectivity index (χ0n) is 13.5. The number of fused-ring (bicyclic) bond motifs is 2. The van der Waals surface area contributed by atoms with Gasteiger partial charge in [-0.15, -0.1) is 0 Å². The molecule has 1 aliphatic heterocycles. The molecule has 2 heterocycles. The van der Waals surface area contributed by atoms with Crippen LogP contribution in [0.5, 0.6) is 17.5 Å². The third kappa shape index (κ3) is 2.46. The molecule has 6 nitrogen and oxygen atoms in total. The van der Waals surface area contributed by atoms with Crippen molar-refractivity contribution >= 4 is 22.4 Å². The first-order valence-electron chi connectivity index (χ1n) is 7.79. The van der Waals surface area contributed by atoms with E-state index in [0.29, 0.717) is 12.6 Å². The lowest BCUT2D eigenvalue weighted by molar-refractivity contribution is 0.174. The molecule has 3 aromatic rings. The van der Waals surface area contributed by atoms with E-state index in [4.69, 9.17) is 14.2 Å². The van der Waals surface area contributed by atoms with Gasteiger partial charge < -0.3 is 19.1 Å². The fourth-order valence-corrected chi connectivity index (χ4v) is 2.70. The fourth-order valence-electron chi connectivity index (χ4n) is 2.70. The van der Waals surface area contributed by atoms with Crippen molar-refractivity contribution in [2.45, 2.75) is 6.92 Å². The molecule has 0 saturated heterocycles. The average Bonchev–Trinajstić information content (AvgIpc) is 3.08. The van der Waals surface area contributed by atoms with Crippen molar-refractivity contribution in [1.29, 1.82) is 0 Å². The first-order chi connectivity index (χ1) is 11.8. The molecule has 0 bridgehead atoms. The minimum atomic E-state index is 0.257. The highest BCUT2D eigenvalue weighted by molar-refractivity contribution is 5.91. The summed E-state index contributed by atoms with van der Waals surface area (Å²) in [5.74, 6) is 2.28. The zero-order chi connectivity index (χ0) is 16.5. The van der Waals surface area contributed by atoms with Crippen LogP contribution in [-0.2, 0) is 0 Å². The molecule has 4 rings (SSSR count). The monoisotopic (exact) mass is 323 g/mol. The van der Waals surface area contributed by atoms with Gasteiger partial charge in [-0.1, -0.05) is 12.1 Å². The summed E-state index contributed by atoms with van der Waals surface area (Å²) in [4.78, 5) is 11.0. The maximum absolute atomic E-state index is 5.52. The Morgan fingerprint density at radius 1 is 1.08 bits per heavy atom. The third-order valence-corrected chi connectivity index (χ3v) is 3.90. The highest BCUT2D eigenvalue weighted by atomic mass is 16.7. The van der Waals surface area contributed by atoms with E-state index < -0.39 is 0 Å². The van der Waals surface area contributed by atoms with Crippen LogP contribution in [0.3, 0.4) is 0 Å². The number of para-hydroxylation sites is 1. The molecule has 0 unspecified atom stereocenters. The van der Waals surface area contributed by atoms with Gasteiger partial charge in [-0.2, -0.15) is 9.97 Å². The summed E-state index contributed by atoms with van der Waals surface area (Å²) in [7, 11) is 1.96. The average molecular weight is 323 g/mol. The zero-order valence-corrected chi connectivity index (χ0v) is 13.5. The van der Waals surface area contributed by atoms with Crippen LogP contribution in [0.15, 0.2) is 42.5 Å². The summed E-state index contributed by atoms with van der Waals surface area (Å²) in [6, 6.07) is 14.1. The van der Waals surface area contributed by atoms with Gasteiger partial charge in [0, 0.05) is 24.2 Å². The largest absolute Gasteiger partial charge is 0.464 e. The van der Waals surface area contributed by atoms with E-state index in [2.05, 4.69) is 9.97 Å².